The lowest BCUT2D eigenvalue weighted by Crippen LogP contribution is -2.49. The SMILES string of the molecule is CN=C(NCC1(c2ccc(Cl)cc2)CCC1)N(C)Cc1csc(C(C)OC)n1. The van der Waals surface area contributed by atoms with Crippen LogP contribution >= 0.6 is 22.9 Å². The van der Waals surface area contributed by atoms with Gasteiger partial charge in [0.1, 0.15) is 11.1 Å². The summed E-state index contributed by atoms with van der Waals surface area (Å²) in [5, 5.41) is 7.46. The number of nitrogens with one attached hydrogen (secondary N) is 1. The number of hydrogen-bond acceptors (Lipinski definition) is 4. The predicted octanol–water partition coefficient (Wildman–Crippen LogP) is 4.63. The molecule has 1 saturated carbocycles. The lowest BCUT2D eigenvalue weighted by Gasteiger charge is -2.43. The molecule has 0 saturated heterocycles. The molecule has 0 radical (unpaired) electrons. The Morgan fingerprint density at radius 2 is 2.11 bits per heavy atom. The summed E-state index contributed by atoms with van der Waals surface area (Å²) in [6.07, 6.45) is 3.66. The number of thiazole rings is 1. The molecular weight excluding hydrogens is 392 g/mol. The minimum Gasteiger partial charge on any atom is -0.375 e. The van der Waals surface area contributed by atoms with Crippen LogP contribution in [0.2, 0.25) is 5.02 Å². The molecule has 0 bridgehead atoms. The summed E-state index contributed by atoms with van der Waals surface area (Å²) in [4.78, 5) is 11.3. The first-order valence-corrected chi connectivity index (χ1v) is 10.9. The second-order valence-corrected chi connectivity index (χ2v) is 8.78. The Kier molecular flexibility index (Phi) is 6.96. The molecule has 3 rings (SSSR count). The van der Waals surface area contributed by atoms with Crippen molar-refractivity contribution in [2.75, 3.05) is 27.7 Å². The van der Waals surface area contributed by atoms with Crippen LogP contribution in [0.1, 0.15) is 48.6 Å². The minimum atomic E-state index is 0.0272. The zero-order chi connectivity index (χ0) is 20.1. The van der Waals surface area contributed by atoms with Gasteiger partial charge in [-0.3, -0.25) is 4.99 Å². The van der Waals surface area contributed by atoms with E-state index in [0.29, 0.717) is 6.54 Å². The van der Waals surface area contributed by atoms with Crippen molar-refractivity contribution in [2.24, 2.45) is 4.99 Å². The van der Waals surface area contributed by atoms with E-state index >= 15 is 0 Å². The molecule has 5 nitrogen and oxygen atoms in total. The molecule has 0 aliphatic heterocycles. The molecule has 1 unspecified atom stereocenters. The molecule has 1 heterocycles. The van der Waals surface area contributed by atoms with Gasteiger partial charge in [0.25, 0.3) is 0 Å². The summed E-state index contributed by atoms with van der Waals surface area (Å²) < 4.78 is 5.36. The number of benzene rings is 1. The fourth-order valence-electron chi connectivity index (χ4n) is 3.61. The molecule has 2 aromatic rings. The maximum atomic E-state index is 6.07. The second kappa shape index (κ2) is 9.25. The summed E-state index contributed by atoms with van der Waals surface area (Å²) in [6, 6.07) is 8.28. The molecule has 0 spiro atoms. The van der Waals surface area contributed by atoms with Crippen LogP contribution in [0.3, 0.4) is 0 Å². The van der Waals surface area contributed by atoms with E-state index in [9.17, 15) is 0 Å². The van der Waals surface area contributed by atoms with Crippen LogP contribution in [-0.2, 0) is 16.7 Å². The van der Waals surface area contributed by atoms with Crippen molar-refractivity contribution in [1.29, 1.82) is 0 Å². The Bertz CT molecular complexity index is 801. The molecule has 1 atom stereocenters. The molecule has 1 aliphatic rings. The van der Waals surface area contributed by atoms with Gasteiger partial charge in [0.15, 0.2) is 5.96 Å². The Morgan fingerprint density at radius 3 is 2.68 bits per heavy atom. The summed E-state index contributed by atoms with van der Waals surface area (Å²) >= 11 is 7.71. The highest BCUT2D eigenvalue weighted by Gasteiger charge is 2.38. The third-order valence-corrected chi connectivity index (χ3v) is 6.90. The van der Waals surface area contributed by atoms with Gasteiger partial charge in [-0.25, -0.2) is 4.98 Å². The van der Waals surface area contributed by atoms with E-state index in [1.165, 1.54) is 24.8 Å². The van der Waals surface area contributed by atoms with Gasteiger partial charge < -0.3 is 15.0 Å². The molecule has 7 heteroatoms. The average Bonchev–Trinajstić information content (AvgIpc) is 3.12. The fourth-order valence-corrected chi connectivity index (χ4v) is 4.58. The molecule has 1 aromatic carbocycles. The highest BCUT2D eigenvalue weighted by Crippen LogP contribution is 2.43. The first-order valence-electron chi connectivity index (χ1n) is 9.62. The highest BCUT2D eigenvalue weighted by atomic mass is 35.5. The van der Waals surface area contributed by atoms with Crippen molar-refractivity contribution in [2.45, 2.75) is 44.2 Å². The van der Waals surface area contributed by atoms with E-state index in [1.807, 2.05) is 33.2 Å². The maximum Gasteiger partial charge on any atom is 0.193 e. The van der Waals surface area contributed by atoms with Crippen LogP contribution in [-0.4, -0.2) is 43.6 Å². The van der Waals surface area contributed by atoms with Crippen molar-refractivity contribution in [1.82, 2.24) is 15.2 Å². The third-order valence-electron chi connectivity index (χ3n) is 5.60. The quantitative estimate of drug-likeness (QED) is 0.524. The summed E-state index contributed by atoms with van der Waals surface area (Å²) in [5.74, 6) is 0.884. The number of rotatable bonds is 7. The third kappa shape index (κ3) is 4.67. The van der Waals surface area contributed by atoms with Gasteiger partial charge >= 0.3 is 0 Å². The largest absolute Gasteiger partial charge is 0.375 e. The van der Waals surface area contributed by atoms with Gasteiger partial charge in [-0.15, -0.1) is 11.3 Å². The predicted molar refractivity (Wildman–Crippen MR) is 117 cm³/mol. The number of halogens is 1. The van der Waals surface area contributed by atoms with Crippen LogP contribution in [0.5, 0.6) is 0 Å². The molecule has 1 aliphatic carbocycles. The number of nitrogens with zero attached hydrogens (tertiary/aromatic N) is 3. The Morgan fingerprint density at radius 1 is 1.39 bits per heavy atom. The van der Waals surface area contributed by atoms with Gasteiger partial charge in [0.2, 0.25) is 0 Å². The Balaban J connectivity index is 1.62. The Hall–Kier alpha value is -1.63. The van der Waals surface area contributed by atoms with Gasteiger partial charge in [0, 0.05) is 43.6 Å². The van der Waals surface area contributed by atoms with Crippen LogP contribution in [0, 0.1) is 0 Å². The number of aromatic nitrogens is 1. The normalized spacial score (nSPS) is 17.1. The minimum absolute atomic E-state index is 0.0272. The standard InChI is InChI=1S/C21H29ClN4OS/c1-15(27-4)19-25-18(13-28-19)12-26(3)20(23-2)24-14-21(10-5-11-21)16-6-8-17(22)9-7-16/h6-9,13,15H,5,10-12,14H2,1-4H3,(H,23,24). The average molecular weight is 421 g/mol. The van der Waals surface area contributed by atoms with E-state index in [-0.39, 0.29) is 11.5 Å². The van der Waals surface area contributed by atoms with E-state index in [0.717, 1.165) is 28.2 Å². The maximum absolute atomic E-state index is 6.07. The summed E-state index contributed by atoms with van der Waals surface area (Å²) in [6.45, 7) is 3.59. The number of guanidine groups is 1. The van der Waals surface area contributed by atoms with Crippen LogP contribution in [0.15, 0.2) is 34.6 Å². The second-order valence-electron chi connectivity index (χ2n) is 7.45. The van der Waals surface area contributed by atoms with Crippen molar-refractivity contribution in [3.05, 3.63) is 50.9 Å². The van der Waals surface area contributed by atoms with E-state index < -0.39 is 0 Å². The topological polar surface area (TPSA) is 49.8 Å². The van der Waals surface area contributed by atoms with Gasteiger partial charge in [0.05, 0.1) is 12.2 Å². The number of hydrogen-bond donors (Lipinski definition) is 1. The van der Waals surface area contributed by atoms with E-state index in [4.69, 9.17) is 16.3 Å². The van der Waals surface area contributed by atoms with E-state index in [2.05, 4.69) is 37.7 Å². The lowest BCUT2D eigenvalue weighted by atomic mass is 9.64. The first kappa shape index (κ1) is 21.1. The zero-order valence-corrected chi connectivity index (χ0v) is 18.6. The van der Waals surface area contributed by atoms with E-state index in [1.54, 1.807) is 18.4 Å². The van der Waals surface area contributed by atoms with Crippen molar-refractivity contribution in [3.63, 3.8) is 0 Å². The zero-order valence-electron chi connectivity index (χ0n) is 17.0. The number of ether oxygens (including phenoxy) is 1. The van der Waals surface area contributed by atoms with Crippen molar-refractivity contribution in [3.8, 4) is 0 Å². The molecule has 28 heavy (non-hydrogen) atoms. The summed E-state index contributed by atoms with van der Waals surface area (Å²) in [5.41, 5.74) is 2.56. The monoisotopic (exact) mass is 420 g/mol. The highest BCUT2D eigenvalue weighted by molar-refractivity contribution is 7.09. The van der Waals surface area contributed by atoms with Gasteiger partial charge in [-0.1, -0.05) is 30.2 Å². The summed E-state index contributed by atoms with van der Waals surface area (Å²) in [7, 11) is 5.58. The molecule has 152 valence electrons. The van der Waals surface area contributed by atoms with Crippen LogP contribution in [0.25, 0.3) is 0 Å². The smallest absolute Gasteiger partial charge is 0.193 e. The van der Waals surface area contributed by atoms with Crippen molar-refractivity contribution >= 4 is 28.9 Å². The van der Waals surface area contributed by atoms with Crippen LogP contribution < -0.4 is 5.32 Å². The van der Waals surface area contributed by atoms with Crippen LogP contribution in [0.4, 0.5) is 0 Å². The first-order chi connectivity index (χ1) is 13.5. The van der Waals surface area contributed by atoms with Gasteiger partial charge in [-0.05, 0) is 37.5 Å². The number of aliphatic imine (C=N–C) groups is 1. The van der Waals surface area contributed by atoms with Crippen molar-refractivity contribution < 1.29 is 4.74 Å². The van der Waals surface area contributed by atoms with Gasteiger partial charge in [-0.2, -0.15) is 0 Å². The number of methoxy groups -OCH3 is 1. The molecule has 0 amide bonds. The fraction of sp³-hybridized carbons (Fsp3) is 0.524. The lowest BCUT2D eigenvalue weighted by molar-refractivity contribution is 0.119. The molecular formula is C21H29ClN4OS. The molecule has 1 fully saturated rings. The molecule has 1 N–H and O–H groups in total. The Labute approximate surface area is 176 Å². The molecule has 1 aromatic heterocycles.